The summed E-state index contributed by atoms with van der Waals surface area (Å²) >= 11 is 0. The number of aliphatic carboxylic acids is 1. The molecule has 1 aliphatic heterocycles. The normalized spacial score (nSPS) is 18.7. The fourth-order valence-electron chi connectivity index (χ4n) is 8.40. The molecule has 1 heterocycles. The average Bonchev–Trinajstić information content (AvgIpc) is 3.43. The minimum Gasteiger partial charge on any atom is -0.479 e. The van der Waals surface area contributed by atoms with E-state index in [1.165, 1.54) is 19.3 Å². The molecule has 1 fully saturated rings. The molecule has 0 saturated carbocycles. The van der Waals surface area contributed by atoms with Crippen molar-refractivity contribution < 1.29 is 58.2 Å². The highest BCUT2D eigenvalue weighted by Crippen LogP contribution is 2.26. The molecular weight excluding hydrogens is 997 g/mol. The molecule has 0 bridgehead atoms. The Labute approximate surface area is 478 Å². The Bertz CT molecular complexity index is 1840. The molecule has 0 spiro atoms. The zero-order chi connectivity index (χ0) is 57.5. The monoisotopic (exact) mass is 1100 g/mol. The first kappa shape index (κ1) is 72.1. The smallest absolute Gasteiger partial charge is 0.335 e. The van der Waals surface area contributed by atoms with Crippen LogP contribution < -0.4 is 0 Å². The van der Waals surface area contributed by atoms with Gasteiger partial charge in [-0.3, -0.25) is 14.4 Å². The first-order chi connectivity index (χ1) is 38.6. The van der Waals surface area contributed by atoms with Gasteiger partial charge in [0.2, 0.25) is 0 Å². The minimum atomic E-state index is -1.93. The number of carboxylic acid groups (broad SMARTS) is 1. The number of esters is 3. The van der Waals surface area contributed by atoms with Crippen LogP contribution in [0.4, 0.5) is 0 Å². The number of aliphatic hydroxyl groups excluding tert-OH is 2. The predicted octanol–water partition coefficient (Wildman–Crippen LogP) is 16.0. The predicted molar refractivity (Wildman–Crippen MR) is 321 cm³/mol. The molecule has 3 N–H and O–H groups in total. The van der Waals surface area contributed by atoms with E-state index in [0.29, 0.717) is 25.7 Å². The highest BCUT2D eigenvalue weighted by molar-refractivity contribution is 5.74. The number of unbranched alkanes of at least 4 members (excludes halogenated alkanes) is 16. The molecule has 1 saturated heterocycles. The number of hydrogen-bond donors (Lipinski definition) is 3. The number of carboxylic acids is 1. The largest absolute Gasteiger partial charge is 0.479 e. The molecule has 0 aromatic heterocycles. The summed E-state index contributed by atoms with van der Waals surface area (Å²) < 4.78 is 28.3. The standard InChI is InChI=1S/C67H106O12/c1-4-7-10-13-16-19-22-25-27-29-30-32-34-37-40-43-46-49-52-55-61(70)78-65-63(72)62(71)64(66(73)74)79-67(65)76-57-58(77-60(69)54-51-48-45-42-39-35-24-21-18-15-12-9-6-3)56-75-59(68)53-50-47-44-41-38-36-33-31-28-26-23-20-17-14-11-8-5-2/h8-9,11-12,16-21,25-28,30,32,35,39,45,48,58,62-65,67,71-72H,4-7,10,13-15,22-24,29,31,33-34,36-38,40-44,46-47,49-57H2,1-3H3,(H,73,74)/b11-8-,12-9-,19-16-,20-17-,21-18-,27-25-,28-26-,32-30-,39-35-,48-45-. The van der Waals surface area contributed by atoms with Crippen molar-refractivity contribution >= 4 is 23.9 Å². The van der Waals surface area contributed by atoms with E-state index in [9.17, 15) is 34.5 Å². The van der Waals surface area contributed by atoms with Gasteiger partial charge < -0.3 is 39.0 Å². The molecule has 0 aliphatic carbocycles. The lowest BCUT2D eigenvalue weighted by Crippen LogP contribution is -2.61. The van der Waals surface area contributed by atoms with Gasteiger partial charge in [0.1, 0.15) is 18.8 Å². The fourth-order valence-corrected chi connectivity index (χ4v) is 8.40. The van der Waals surface area contributed by atoms with E-state index in [4.69, 9.17) is 23.7 Å². The van der Waals surface area contributed by atoms with Crippen LogP contribution in [0.15, 0.2) is 122 Å². The number of carbonyl (C=O) groups excluding carboxylic acids is 3. The van der Waals surface area contributed by atoms with Gasteiger partial charge in [-0.25, -0.2) is 4.79 Å². The van der Waals surface area contributed by atoms with Crippen molar-refractivity contribution in [3.05, 3.63) is 122 Å². The third kappa shape index (κ3) is 43.6. The van der Waals surface area contributed by atoms with Crippen LogP contribution in [0, 0.1) is 0 Å². The van der Waals surface area contributed by atoms with Crippen molar-refractivity contribution in [1.82, 2.24) is 0 Å². The molecule has 1 rings (SSSR count). The molecule has 0 aromatic carbocycles. The van der Waals surface area contributed by atoms with Gasteiger partial charge in [0.15, 0.2) is 24.6 Å². The Balaban J connectivity index is 2.71. The Morgan fingerprint density at radius 2 is 0.823 bits per heavy atom. The van der Waals surface area contributed by atoms with Crippen LogP contribution in [0.2, 0.25) is 0 Å². The third-order valence-electron chi connectivity index (χ3n) is 13.0. The first-order valence-electron chi connectivity index (χ1n) is 30.5. The van der Waals surface area contributed by atoms with Gasteiger partial charge in [-0.1, -0.05) is 213 Å². The SMILES string of the molecule is CC/C=C\C/C=C\C/C=C\C/C=C\CCC(=O)OC(COC(=O)CCCCCCCCC/C=C\C/C=C\C/C=C\CC)COC1OC(C(=O)O)C(O)C(O)C1OC(=O)CCCCCCCC/C=C\C/C=C\C/C=C\CCCCC. The first-order valence-corrected chi connectivity index (χ1v) is 30.5. The van der Waals surface area contributed by atoms with Crippen LogP contribution >= 0.6 is 0 Å². The molecule has 6 unspecified atom stereocenters. The van der Waals surface area contributed by atoms with Gasteiger partial charge in [0, 0.05) is 19.3 Å². The number of ether oxygens (including phenoxy) is 5. The van der Waals surface area contributed by atoms with Gasteiger partial charge in [-0.2, -0.15) is 0 Å². The molecular formula is C67H106O12. The summed E-state index contributed by atoms with van der Waals surface area (Å²) in [5, 5.41) is 31.5. The maximum Gasteiger partial charge on any atom is 0.335 e. The second-order valence-electron chi connectivity index (χ2n) is 20.2. The maximum atomic E-state index is 13.1. The van der Waals surface area contributed by atoms with Crippen LogP contribution in [-0.2, 0) is 42.9 Å². The van der Waals surface area contributed by atoms with Crippen LogP contribution in [0.3, 0.4) is 0 Å². The van der Waals surface area contributed by atoms with Gasteiger partial charge in [-0.15, -0.1) is 0 Å². The topological polar surface area (TPSA) is 175 Å². The maximum absolute atomic E-state index is 13.1. The number of rotatable bonds is 50. The van der Waals surface area contributed by atoms with E-state index in [1.54, 1.807) is 0 Å². The summed E-state index contributed by atoms with van der Waals surface area (Å²) in [5.41, 5.74) is 0. The molecule has 1 aliphatic rings. The van der Waals surface area contributed by atoms with E-state index in [2.05, 4.69) is 130 Å². The van der Waals surface area contributed by atoms with E-state index in [-0.39, 0.29) is 25.9 Å². The van der Waals surface area contributed by atoms with Gasteiger partial charge in [0.25, 0.3) is 0 Å². The third-order valence-corrected chi connectivity index (χ3v) is 13.0. The fraction of sp³-hybridized carbons (Fsp3) is 0.642. The number of aliphatic hydroxyl groups is 2. The van der Waals surface area contributed by atoms with Crippen LogP contribution in [0.1, 0.15) is 226 Å². The summed E-state index contributed by atoms with van der Waals surface area (Å²) in [4.78, 5) is 51.2. The van der Waals surface area contributed by atoms with Gasteiger partial charge >= 0.3 is 23.9 Å². The number of hydrogen-bond acceptors (Lipinski definition) is 11. The summed E-state index contributed by atoms with van der Waals surface area (Å²) in [6.45, 7) is 5.66. The summed E-state index contributed by atoms with van der Waals surface area (Å²) in [5.74, 6) is -3.27. The molecule has 0 aromatic rings. The van der Waals surface area contributed by atoms with E-state index in [1.807, 2.05) is 12.2 Å². The van der Waals surface area contributed by atoms with Crippen molar-refractivity contribution in [2.45, 2.75) is 263 Å². The van der Waals surface area contributed by atoms with Gasteiger partial charge in [0.05, 0.1) is 6.61 Å². The molecule has 0 radical (unpaired) electrons. The van der Waals surface area contributed by atoms with E-state index >= 15 is 0 Å². The Morgan fingerprint density at radius 1 is 0.430 bits per heavy atom. The summed E-state index contributed by atoms with van der Waals surface area (Å²) in [7, 11) is 0. The Hall–Kier alpha value is -4.88. The Kier molecular flexibility index (Phi) is 49.1. The van der Waals surface area contributed by atoms with Gasteiger partial charge in [-0.05, 0) is 116 Å². The second-order valence-corrected chi connectivity index (χ2v) is 20.2. The summed E-state index contributed by atoms with van der Waals surface area (Å²) in [6.07, 6.45) is 61.8. The molecule has 0 amide bonds. The highest BCUT2D eigenvalue weighted by Gasteiger charge is 2.50. The van der Waals surface area contributed by atoms with Crippen molar-refractivity contribution in [1.29, 1.82) is 0 Å². The minimum absolute atomic E-state index is 0.0308. The lowest BCUT2D eigenvalue weighted by molar-refractivity contribution is -0.301. The number of carbonyl (C=O) groups is 4. The number of allylic oxidation sites excluding steroid dienone is 20. The van der Waals surface area contributed by atoms with Crippen LogP contribution in [0.5, 0.6) is 0 Å². The summed E-state index contributed by atoms with van der Waals surface area (Å²) in [6, 6.07) is 0. The molecule has 12 heteroatoms. The molecule has 79 heavy (non-hydrogen) atoms. The lowest BCUT2D eigenvalue weighted by atomic mass is 9.98. The molecule has 12 nitrogen and oxygen atoms in total. The lowest BCUT2D eigenvalue weighted by Gasteiger charge is -2.40. The van der Waals surface area contributed by atoms with Crippen molar-refractivity contribution in [3.63, 3.8) is 0 Å². The van der Waals surface area contributed by atoms with Crippen LogP contribution in [0.25, 0.3) is 0 Å². The molecule has 6 atom stereocenters. The average molecular weight is 1100 g/mol. The Morgan fingerprint density at radius 3 is 1.27 bits per heavy atom. The van der Waals surface area contributed by atoms with Crippen molar-refractivity contribution in [2.75, 3.05) is 13.2 Å². The highest BCUT2D eigenvalue weighted by atomic mass is 16.7. The molecule has 446 valence electrons. The zero-order valence-electron chi connectivity index (χ0n) is 49.1. The van der Waals surface area contributed by atoms with Crippen molar-refractivity contribution in [2.24, 2.45) is 0 Å². The zero-order valence-corrected chi connectivity index (χ0v) is 49.1. The quantitative estimate of drug-likeness (QED) is 0.0228. The van der Waals surface area contributed by atoms with E-state index < -0.39 is 67.3 Å². The van der Waals surface area contributed by atoms with Crippen LogP contribution in [-0.4, -0.2) is 89.2 Å². The van der Waals surface area contributed by atoms with Crippen molar-refractivity contribution in [3.8, 4) is 0 Å². The second kappa shape index (κ2) is 53.7. The van der Waals surface area contributed by atoms with E-state index in [0.717, 1.165) is 141 Å².